The summed E-state index contributed by atoms with van der Waals surface area (Å²) >= 11 is 1.27. The number of benzene rings is 2. The molecule has 1 fully saturated rings. The van der Waals surface area contributed by atoms with Gasteiger partial charge in [-0.15, -0.1) is 11.3 Å². The molecule has 5 rings (SSSR count). The second-order valence-electron chi connectivity index (χ2n) is 8.60. The summed E-state index contributed by atoms with van der Waals surface area (Å²) in [6.45, 7) is 5.83. The minimum Gasteiger partial charge on any atom is -0.335 e. The third-order valence-corrected chi connectivity index (χ3v) is 7.45. The fourth-order valence-electron chi connectivity index (χ4n) is 4.40. The number of carbonyl (C=O) groups is 1. The highest BCUT2D eigenvalue weighted by Gasteiger charge is 2.26. The van der Waals surface area contributed by atoms with Crippen molar-refractivity contribution in [3.63, 3.8) is 0 Å². The molecule has 6 nitrogen and oxygen atoms in total. The molecule has 2 aromatic carbocycles. The number of nitrogens with zero attached hydrogens (tertiary/aromatic N) is 4. The highest BCUT2D eigenvalue weighted by molar-refractivity contribution is 7.20. The molecule has 1 aliphatic rings. The van der Waals surface area contributed by atoms with Gasteiger partial charge >= 0.3 is 0 Å². The molecule has 3 heterocycles. The Hall–Kier alpha value is -3.36. The van der Waals surface area contributed by atoms with Gasteiger partial charge in [-0.05, 0) is 35.7 Å². The zero-order valence-electron chi connectivity index (χ0n) is 18.9. The molecule has 0 N–H and O–H groups in total. The average molecular weight is 477 g/mol. The van der Waals surface area contributed by atoms with E-state index in [-0.39, 0.29) is 23.8 Å². The molecule has 4 aromatic rings. The van der Waals surface area contributed by atoms with E-state index in [9.17, 15) is 14.0 Å². The maximum atomic E-state index is 13.5. The van der Waals surface area contributed by atoms with Gasteiger partial charge in [0.2, 0.25) is 0 Å². The lowest BCUT2D eigenvalue weighted by Gasteiger charge is -2.34. The largest absolute Gasteiger partial charge is 0.335 e. The third kappa shape index (κ3) is 4.51. The van der Waals surface area contributed by atoms with Gasteiger partial charge in [-0.2, -0.15) is 0 Å². The van der Waals surface area contributed by atoms with Crippen molar-refractivity contribution in [2.24, 2.45) is 0 Å². The summed E-state index contributed by atoms with van der Waals surface area (Å²) < 4.78 is 15.0. The average Bonchev–Trinajstić information content (AvgIpc) is 3.18. The Morgan fingerprint density at radius 3 is 2.47 bits per heavy atom. The van der Waals surface area contributed by atoms with Gasteiger partial charge in [0, 0.05) is 32.7 Å². The Bertz CT molecular complexity index is 1390. The maximum Gasteiger partial charge on any atom is 0.264 e. The first kappa shape index (κ1) is 22.4. The number of hydrogen-bond acceptors (Lipinski definition) is 5. The van der Waals surface area contributed by atoms with Gasteiger partial charge < -0.3 is 4.90 Å². The summed E-state index contributed by atoms with van der Waals surface area (Å²) in [4.78, 5) is 36.3. The number of aryl methyl sites for hydroxylation is 1. The van der Waals surface area contributed by atoms with Crippen LogP contribution in [0.1, 0.15) is 26.4 Å². The number of amides is 1. The van der Waals surface area contributed by atoms with Gasteiger partial charge in [-0.3, -0.25) is 19.1 Å². The van der Waals surface area contributed by atoms with E-state index in [0.29, 0.717) is 39.3 Å². The summed E-state index contributed by atoms with van der Waals surface area (Å²) in [5, 5.41) is 0.468. The van der Waals surface area contributed by atoms with Crippen molar-refractivity contribution in [3.8, 4) is 0 Å². The number of rotatable bonds is 5. The second-order valence-corrected chi connectivity index (χ2v) is 9.60. The lowest BCUT2D eigenvalue weighted by Crippen LogP contribution is -2.48. The number of aromatic nitrogens is 2. The highest BCUT2D eigenvalue weighted by atomic mass is 32.1. The van der Waals surface area contributed by atoms with E-state index in [1.807, 2.05) is 30.0 Å². The number of hydrogen-bond donors (Lipinski definition) is 0. The molecule has 0 unspecified atom stereocenters. The molecule has 174 valence electrons. The van der Waals surface area contributed by atoms with Crippen LogP contribution >= 0.6 is 11.3 Å². The third-order valence-electron chi connectivity index (χ3n) is 6.26. The summed E-state index contributed by atoms with van der Waals surface area (Å²) in [6.07, 6.45) is 1.47. The van der Waals surface area contributed by atoms with E-state index in [4.69, 9.17) is 0 Å². The zero-order chi connectivity index (χ0) is 23.7. The monoisotopic (exact) mass is 476 g/mol. The van der Waals surface area contributed by atoms with Crippen molar-refractivity contribution in [1.82, 2.24) is 19.4 Å². The molecule has 0 aliphatic carbocycles. The Morgan fingerprint density at radius 1 is 1.00 bits per heavy atom. The van der Waals surface area contributed by atoms with Gasteiger partial charge in [-0.25, -0.2) is 9.37 Å². The summed E-state index contributed by atoms with van der Waals surface area (Å²) in [7, 11) is 0. The molecule has 1 aliphatic heterocycles. The van der Waals surface area contributed by atoms with Crippen LogP contribution in [-0.4, -0.2) is 51.4 Å². The predicted molar refractivity (Wildman–Crippen MR) is 132 cm³/mol. The lowest BCUT2D eigenvalue weighted by molar-refractivity contribution is 0.0632. The molecule has 1 amide bonds. The number of halogens is 1. The van der Waals surface area contributed by atoms with Crippen molar-refractivity contribution < 1.29 is 9.18 Å². The van der Waals surface area contributed by atoms with Gasteiger partial charge in [-0.1, -0.05) is 42.5 Å². The van der Waals surface area contributed by atoms with Crippen LogP contribution < -0.4 is 5.56 Å². The Balaban J connectivity index is 1.33. The van der Waals surface area contributed by atoms with Crippen LogP contribution in [0, 0.1) is 12.7 Å². The summed E-state index contributed by atoms with van der Waals surface area (Å²) in [5.74, 6) is -0.390. The van der Waals surface area contributed by atoms with E-state index in [1.54, 1.807) is 12.1 Å². The molecule has 0 bridgehead atoms. The van der Waals surface area contributed by atoms with Crippen molar-refractivity contribution in [2.75, 3.05) is 26.2 Å². The molecule has 0 saturated carbocycles. The first-order valence-electron chi connectivity index (χ1n) is 11.3. The van der Waals surface area contributed by atoms with Gasteiger partial charge in [0.1, 0.15) is 10.6 Å². The van der Waals surface area contributed by atoms with Crippen LogP contribution in [0.5, 0.6) is 0 Å². The molecule has 1 saturated heterocycles. The normalized spacial score (nSPS) is 14.6. The number of thiophene rings is 1. The van der Waals surface area contributed by atoms with E-state index >= 15 is 0 Å². The van der Waals surface area contributed by atoms with Gasteiger partial charge in [0.25, 0.3) is 11.5 Å². The quantitative estimate of drug-likeness (QED) is 0.438. The summed E-state index contributed by atoms with van der Waals surface area (Å²) in [6, 6.07) is 16.5. The van der Waals surface area contributed by atoms with Crippen LogP contribution in [-0.2, 0) is 13.1 Å². The zero-order valence-corrected chi connectivity index (χ0v) is 19.7. The van der Waals surface area contributed by atoms with E-state index in [1.165, 1.54) is 39.9 Å². The number of carbonyl (C=O) groups excluding carboxylic acids is 1. The molecule has 0 spiro atoms. The van der Waals surface area contributed by atoms with Crippen molar-refractivity contribution in [3.05, 3.63) is 98.7 Å². The standard InChI is InChI=1S/C26H25FN4O2S/c1-18-22-24(28-17-31(25(22)32)16-20-8-5-9-21(27)14-20)34-23(18)26(33)30-12-10-29(11-13-30)15-19-6-3-2-4-7-19/h2-9,14,17H,10-13,15-16H2,1H3. The van der Waals surface area contributed by atoms with Crippen LogP contribution in [0.25, 0.3) is 10.2 Å². The smallest absolute Gasteiger partial charge is 0.264 e. The second kappa shape index (κ2) is 9.48. The molecule has 8 heteroatoms. The first-order valence-corrected chi connectivity index (χ1v) is 12.1. The Kier molecular flexibility index (Phi) is 6.26. The molecular formula is C26H25FN4O2S. The first-order chi connectivity index (χ1) is 16.5. The Morgan fingerprint density at radius 2 is 1.74 bits per heavy atom. The van der Waals surface area contributed by atoms with Gasteiger partial charge in [0.05, 0.1) is 23.1 Å². The predicted octanol–water partition coefficient (Wildman–Crippen LogP) is 3.91. The van der Waals surface area contributed by atoms with E-state index in [2.05, 4.69) is 22.0 Å². The Labute approximate surface area is 200 Å². The minimum atomic E-state index is -0.344. The van der Waals surface area contributed by atoms with Crippen LogP contribution in [0.3, 0.4) is 0 Å². The SMILES string of the molecule is Cc1c(C(=O)N2CCN(Cc3ccccc3)CC2)sc2ncn(Cc3cccc(F)c3)c(=O)c12. The molecular weight excluding hydrogens is 451 g/mol. The maximum absolute atomic E-state index is 13.5. The molecule has 0 radical (unpaired) electrons. The molecule has 0 atom stereocenters. The fraction of sp³-hybridized carbons (Fsp3) is 0.269. The van der Waals surface area contributed by atoms with Crippen molar-refractivity contribution >= 4 is 27.5 Å². The van der Waals surface area contributed by atoms with Crippen molar-refractivity contribution in [1.29, 1.82) is 0 Å². The highest BCUT2D eigenvalue weighted by Crippen LogP contribution is 2.28. The van der Waals surface area contributed by atoms with Gasteiger partial charge in [0.15, 0.2) is 0 Å². The topological polar surface area (TPSA) is 58.4 Å². The lowest BCUT2D eigenvalue weighted by atomic mass is 10.1. The van der Waals surface area contributed by atoms with Crippen LogP contribution in [0.2, 0.25) is 0 Å². The minimum absolute atomic E-state index is 0.0454. The van der Waals surface area contributed by atoms with Crippen molar-refractivity contribution in [2.45, 2.75) is 20.0 Å². The van der Waals surface area contributed by atoms with Crippen LogP contribution in [0.4, 0.5) is 4.39 Å². The van der Waals surface area contributed by atoms with E-state index < -0.39 is 0 Å². The number of fused-ring (bicyclic) bond motifs is 1. The molecule has 34 heavy (non-hydrogen) atoms. The molecule has 2 aromatic heterocycles. The van der Waals surface area contributed by atoms with E-state index in [0.717, 1.165) is 19.6 Å². The van der Waals surface area contributed by atoms with Crippen LogP contribution in [0.15, 0.2) is 65.7 Å². The summed E-state index contributed by atoms with van der Waals surface area (Å²) in [5.41, 5.74) is 2.40. The fourth-order valence-corrected chi connectivity index (χ4v) is 5.51. The number of piperazine rings is 1.